The van der Waals surface area contributed by atoms with Crippen molar-refractivity contribution in [1.29, 1.82) is 0 Å². The van der Waals surface area contributed by atoms with Crippen LogP contribution >= 0.6 is 0 Å². The van der Waals surface area contributed by atoms with Crippen molar-refractivity contribution >= 4 is 12.4 Å². The van der Waals surface area contributed by atoms with Gasteiger partial charge in [0.25, 0.3) is 12.4 Å². The summed E-state index contributed by atoms with van der Waals surface area (Å²) < 4.78 is 7.38. The van der Waals surface area contributed by atoms with Gasteiger partial charge in [0.1, 0.15) is 0 Å². The molecule has 3 fully saturated rings. The second-order valence-electron chi connectivity index (χ2n) is 8.46. The number of likely N-dealkylation sites (tertiary alicyclic amines) is 1. The molecule has 30 heavy (non-hydrogen) atoms. The molecule has 0 unspecified atom stereocenters. The van der Waals surface area contributed by atoms with Crippen LogP contribution in [0, 0.1) is 18.8 Å². The van der Waals surface area contributed by atoms with Crippen LogP contribution in [0.2, 0.25) is 0 Å². The molecule has 1 saturated carbocycles. The number of carbonyl (C=O) groups excluding carboxylic acids is 1. The van der Waals surface area contributed by atoms with Gasteiger partial charge in [0, 0.05) is 44.5 Å². The Morgan fingerprint density at radius 1 is 1.27 bits per heavy atom. The van der Waals surface area contributed by atoms with Crippen LogP contribution in [0.3, 0.4) is 0 Å². The third-order valence-corrected chi connectivity index (χ3v) is 6.68. The van der Waals surface area contributed by atoms with E-state index in [0.29, 0.717) is 11.8 Å². The van der Waals surface area contributed by atoms with Crippen LogP contribution in [0.1, 0.15) is 42.2 Å². The van der Waals surface area contributed by atoms with Crippen molar-refractivity contribution < 1.29 is 24.5 Å². The first kappa shape index (κ1) is 22.7. The molecule has 4 rings (SSSR count). The molecule has 0 radical (unpaired) electrons. The second-order valence-corrected chi connectivity index (χ2v) is 8.46. The SMILES string of the molecule is CCCn1ncc(C(=O)N2C[C@H]3C[C@@H](N4CCOCC4)[C@H](O)C[C@H]3C2)c1C.O=CO. The van der Waals surface area contributed by atoms with Crippen molar-refractivity contribution in [2.75, 3.05) is 39.4 Å². The van der Waals surface area contributed by atoms with Gasteiger partial charge in [-0.25, -0.2) is 0 Å². The number of hydrogen-bond donors (Lipinski definition) is 2. The van der Waals surface area contributed by atoms with E-state index in [-0.39, 0.29) is 24.5 Å². The fraction of sp³-hybridized carbons (Fsp3) is 0.762. The summed E-state index contributed by atoms with van der Waals surface area (Å²) in [5, 5.41) is 22.0. The van der Waals surface area contributed by atoms with Gasteiger partial charge in [-0.15, -0.1) is 0 Å². The van der Waals surface area contributed by atoms with Gasteiger partial charge in [0.15, 0.2) is 0 Å². The number of aromatic nitrogens is 2. The molecule has 168 valence electrons. The predicted molar refractivity (Wildman–Crippen MR) is 110 cm³/mol. The molecule has 4 atom stereocenters. The number of aliphatic hydroxyl groups excluding tert-OH is 1. The highest BCUT2D eigenvalue weighted by Crippen LogP contribution is 2.39. The first-order chi connectivity index (χ1) is 14.5. The molecule has 3 aliphatic rings. The molecule has 0 spiro atoms. The van der Waals surface area contributed by atoms with E-state index in [1.807, 2.05) is 16.5 Å². The van der Waals surface area contributed by atoms with Crippen LogP contribution in [0.5, 0.6) is 0 Å². The molecular weight excluding hydrogens is 388 g/mol. The van der Waals surface area contributed by atoms with E-state index in [1.165, 1.54) is 0 Å². The summed E-state index contributed by atoms with van der Waals surface area (Å²) in [5.74, 6) is 0.991. The smallest absolute Gasteiger partial charge is 0.290 e. The lowest BCUT2D eigenvalue weighted by Crippen LogP contribution is -2.53. The van der Waals surface area contributed by atoms with Gasteiger partial charge in [-0.2, -0.15) is 5.10 Å². The van der Waals surface area contributed by atoms with Gasteiger partial charge < -0.3 is 19.8 Å². The Labute approximate surface area is 177 Å². The van der Waals surface area contributed by atoms with E-state index in [4.69, 9.17) is 14.6 Å². The molecule has 2 N–H and O–H groups in total. The number of aryl methyl sites for hydroxylation is 1. The van der Waals surface area contributed by atoms with Crippen molar-refractivity contribution in [2.24, 2.45) is 11.8 Å². The van der Waals surface area contributed by atoms with Gasteiger partial charge >= 0.3 is 0 Å². The highest BCUT2D eigenvalue weighted by Gasteiger charge is 2.45. The molecule has 2 aliphatic heterocycles. The summed E-state index contributed by atoms with van der Waals surface area (Å²) in [4.78, 5) is 25.8. The van der Waals surface area contributed by atoms with Gasteiger partial charge in [-0.05, 0) is 38.0 Å². The number of carboxylic acid groups (broad SMARTS) is 1. The number of nitrogens with zero attached hydrogens (tertiary/aromatic N) is 4. The van der Waals surface area contributed by atoms with Crippen LogP contribution in [0.4, 0.5) is 0 Å². The van der Waals surface area contributed by atoms with Crippen LogP contribution in [-0.4, -0.2) is 93.7 Å². The Morgan fingerprint density at radius 3 is 2.53 bits per heavy atom. The van der Waals surface area contributed by atoms with Gasteiger partial charge in [-0.3, -0.25) is 19.2 Å². The minimum absolute atomic E-state index is 0.0988. The number of ether oxygens (including phenoxy) is 1. The molecule has 1 aromatic rings. The Morgan fingerprint density at radius 2 is 1.90 bits per heavy atom. The molecule has 1 amide bonds. The summed E-state index contributed by atoms with van der Waals surface area (Å²) in [7, 11) is 0. The van der Waals surface area contributed by atoms with Gasteiger partial charge in [0.05, 0.1) is 31.1 Å². The number of aliphatic hydroxyl groups is 1. The Hall–Kier alpha value is -1.97. The third-order valence-electron chi connectivity index (χ3n) is 6.68. The Balaban J connectivity index is 0.000000806. The maximum absolute atomic E-state index is 13.1. The Kier molecular flexibility index (Phi) is 7.85. The summed E-state index contributed by atoms with van der Waals surface area (Å²) in [6.45, 7) is 9.56. The number of fused-ring (bicyclic) bond motifs is 1. The number of hydrogen-bond acceptors (Lipinski definition) is 6. The largest absolute Gasteiger partial charge is 0.483 e. The molecule has 1 aliphatic carbocycles. The van der Waals surface area contributed by atoms with Gasteiger partial charge in [0.2, 0.25) is 0 Å². The summed E-state index contributed by atoms with van der Waals surface area (Å²) >= 11 is 0. The minimum atomic E-state index is -0.298. The lowest BCUT2D eigenvalue weighted by molar-refractivity contribution is -0.122. The quantitative estimate of drug-likeness (QED) is 0.693. The van der Waals surface area contributed by atoms with Crippen molar-refractivity contribution in [3.63, 3.8) is 0 Å². The number of morpholine rings is 1. The highest BCUT2D eigenvalue weighted by atomic mass is 16.5. The molecule has 9 nitrogen and oxygen atoms in total. The third kappa shape index (κ3) is 4.84. The predicted octanol–water partition coefficient (Wildman–Crippen LogP) is 0.846. The van der Waals surface area contributed by atoms with Crippen molar-refractivity contribution in [3.05, 3.63) is 17.5 Å². The molecule has 2 saturated heterocycles. The van der Waals surface area contributed by atoms with E-state index < -0.39 is 0 Å². The summed E-state index contributed by atoms with van der Waals surface area (Å²) in [6, 6.07) is 0.208. The molecule has 1 aromatic heterocycles. The topological polar surface area (TPSA) is 108 Å². The standard InChI is InChI=1S/C20H32N4O3.CH2O2/c1-3-4-24-14(2)17(11-21-24)20(26)23-12-15-9-18(19(25)10-16(15)13-23)22-5-7-27-8-6-22;2-1-3/h11,15-16,18-19,25H,3-10,12-13H2,1-2H3;1H,(H,2,3)/t15-,16+,18-,19-;/m1./s1. The van der Waals surface area contributed by atoms with Crippen molar-refractivity contribution in [3.8, 4) is 0 Å². The average molecular weight is 423 g/mol. The summed E-state index contributed by atoms with van der Waals surface area (Å²) in [6.07, 6.45) is 4.20. The number of rotatable bonds is 4. The van der Waals surface area contributed by atoms with Crippen molar-refractivity contribution in [2.45, 2.75) is 51.8 Å². The molecule has 0 aromatic carbocycles. The first-order valence-corrected chi connectivity index (χ1v) is 10.9. The molecular formula is C21H34N4O5. The zero-order chi connectivity index (χ0) is 21.7. The van der Waals surface area contributed by atoms with E-state index >= 15 is 0 Å². The van der Waals surface area contributed by atoms with E-state index in [9.17, 15) is 9.90 Å². The van der Waals surface area contributed by atoms with E-state index in [0.717, 1.165) is 76.5 Å². The number of amides is 1. The van der Waals surface area contributed by atoms with Crippen LogP contribution in [0.15, 0.2) is 6.20 Å². The Bertz CT molecular complexity index is 718. The zero-order valence-electron chi connectivity index (χ0n) is 17.9. The molecule has 9 heteroatoms. The maximum Gasteiger partial charge on any atom is 0.290 e. The van der Waals surface area contributed by atoms with Crippen molar-refractivity contribution in [1.82, 2.24) is 19.6 Å². The fourth-order valence-corrected chi connectivity index (χ4v) is 5.14. The molecule has 0 bridgehead atoms. The van der Waals surface area contributed by atoms with E-state index in [1.54, 1.807) is 6.20 Å². The van der Waals surface area contributed by atoms with Gasteiger partial charge in [-0.1, -0.05) is 6.92 Å². The number of carbonyl (C=O) groups is 2. The van der Waals surface area contributed by atoms with Crippen LogP contribution in [-0.2, 0) is 16.1 Å². The fourth-order valence-electron chi connectivity index (χ4n) is 5.14. The minimum Gasteiger partial charge on any atom is -0.483 e. The van der Waals surface area contributed by atoms with E-state index in [2.05, 4.69) is 16.9 Å². The van der Waals surface area contributed by atoms with Crippen LogP contribution in [0.25, 0.3) is 0 Å². The zero-order valence-corrected chi connectivity index (χ0v) is 17.9. The molecule has 3 heterocycles. The monoisotopic (exact) mass is 422 g/mol. The maximum atomic E-state index is 13.1. The second kappa shape index (κ2) is 10.4. The lowest BCUT2D eigenvalue weighted by Gasteiger charge is -2.43. The summed E-state index contributed by atoms with van der Waals surface area (Å²) in [5.41, 5.74) is 1.69. The average Bonchev–Trinajstić information content (AvgIpc) is 3.32. The lowest BCUT2D eigenvalue weighted by atomic mass is 9.77. The first-order valence-electron chi connectivity index (χ1n) is 10.9. The highest BCUT2D eigenvalue weighted by molar-refractivity contribution is 5.95. The van der Waals surface area contributed by atoms with Crippen LogP contribution < -0.4 is 0 Å². The normalized spacial score (nSPS) is 29.1.